The van der Waals surface area contributed by atoms with Gasteiger partial charge in [0, 0.05) is 5.56 Å². The van der Waals surface area contributed by atoms with E-state index in [1.807, 2.05) is 56.3 Å². The summed E-state index contributed by atoms with van der Waals surface area (Å²) >= 11 is 0. The van der Waals surface area contributed by atoms with Crippen molar-refractivity contribution in [1.82, 2.24) is 9.97 Å². The van der Waals surface area contributed by atoms with Crippen molar-refractivity contribution in [3.05, 3.63) is 70.0 Å². The van der Waals surface area contributed by atoms with E-state index in [2.05, 4.69) is 20.5 Å². The van der Waals surface area contributed by atoms with Gasteiger partial charge < -0.3 is 9.47 Å². The zero-order valence-corrected chi connectivity index (χ0v) is 17.4. The topological polar surface area (TPSA) is 112 Å². The lowest BCUT2D eigenvalue weighted by molar-refractivity contribution is 0.277. The van der Waals surface area contributed by atoms with Crippen LogP contribution in [-0.4, -0.2) is 29.4 Å². The number of benzene rings is 2. The number of rotatable bonds is 9. The molecule has 3 aromatic rings. The molecule has 0 fully saturated rings. The van der Waals surface area contributed by atoms with Crippen LogP contribution in [0.25, 0.3) is 11.3 Å². The number of hydrogen-bond donors (Lipinski definition) is 2. The quantitative estimate of drug-likeness (QED) is 0.403. The average Bonchev–Trinajstić information content (AvgIpc) is 2.79. The fourth-order valence-corrected chi connectivity index (χ4v) is 2.81. The molecule has 0 amide bonds. The first-order valence-electron chi connectivity index (χ1n) is 9.94. The molecule has 0 unspecified atom stereocenters. The highest BCUT2D eigenvalue weighted by Crippen LogP contribution is 2.28. The van der Waals surface area contributed by atoms with E-state index in [1.165, 1.54) is 0 Å². The minimum Gasteiger partial charge on any atom is -0.490 e. The summed E-state index contributed by atoms with van der Waals surface area (Å²) in [7, 11) is 0. The summed E-state index contributed by atoms with van der Waals surface area (Å²) in [5.41, 5.74) is 3.87. The number of nitrogens with zero attached hydrogens (tertiary/aromatic N) is 3. The minimum atomic E-state index is -0.537. The van der Waals surface area contributed by atoms with Crippen LogP contribution in [0.1, 0.15) is 31.4 Å². The second-order valence-electron chi connectivity index (χ2n) is 6.47. The van der Waals surface area contributed by atoms with E-state index in [-0.39, 0.29) is 11.5 Å². The van der Waals surface area contributed by atoms with Crippen LogP contribution in [0.4, 0.5) is 5.95 Å². The number of aromatic amines is 1. The Bertz CT molecular complexity index is 1150. The van der Waals surface area contributed by atoms with E-state index in [9.17, 15) is 10.1 Å². The summed E-state index contributed by atoms with van der Waals surface area (Å²) in [5.74, 6) is 1.45. The van der Waals surface area contributed by atoms with Gasteiger partial charge in [-0.1, -0.05) is 37.3 Å². The molecule has 8 nitrogen and oxygen atoms in total. The fourth-order valence-electron chi connectivity index (χ4n) is 2.81. The Labute approximate surface area is 180 Å². The minimum absolute atomic E-state index is 0.0512. The molecule has 0 saturated heterocycles. The molecule has 0 radical (unpaired) electrons. The van der Waals surface area contributed by atoms with Gasteiger partial charge in [0.15, 0.2) is 11.5 Å². The van der Waals surface area contributed by atoms with E-state index in [4.69, 9.17) is 9.47 Å². The molecule has 0 bridgehead atoms. The predicted octanol–water partition coefficient (Wildman–Crippen LogP) is 3.94. The number of nitriles is 1. The molecular formula is C23H23N5O3. The van der Waals surface area contributed by atoms with Crippen LogP contribution in [0.2, 0.25) is 0 Å². The number of nitrogens with one attached hydrogen (secondary N) is 2. The van der Waals surface area contributed by atoms with Gasteiger partial charge in [-0.05, 0) is 37.1 Å². The largest absolute Gasteiger partial charge is 0.490 e. The highest BCUT2D eigenvalue weighted by Gasteiger charge is 2.13. The number of hydrogen-bond acceptors (Lipinski definition) is 7. The molecule has 1 aromatic heterocycles. The van der Waals surface area contributed by atoms with E-state index >= 15 is 0 Å². The lowest BCUT2D eigenvalue weighted by Crippen LogP contribution is -2.16. The van der Waals surface area contributed by atoms with Crippen molar-refractivity contribution >= 4 is 12.2 Å². The Balaban J connectivity index is 1.82. The summed E-state index contributed by atoms with van der Waals surface area (Å²) in [6, 6.07) is 16.5. The molecule has 2 N–H and O–H groups in total. The third-order valence-corrected chi connectivity index (χ3v) is 4.19. The normalized spacial score (nSPS) is 10.6. The number of anilines is 1. The average molecular weight is 417 g/mol. The van der Waals surface area contributed by atoms with Gasteiger partial charge in [-0.3, -0.25) is 9.78 Å². The molecular weight excluding hydrogens is 394 g/mol. The summed E-state index contributed by atoms with van der Waals surface area (Å²) in [6.07, 6.45) is 2.48. The lowest BCUT2D eigenvalue weighted by atomic mass is 10.1. The SMILES string of the molecule is CCCOc1ccc(C=NNc2nc(-c3ccccc3)c(C#N)c(=O)[nH]2)cc1OCC. The molecule has 8 heteroatoms. The van der Waals surface area contributed by atoms with E-state index in [0.29, 0.717) is 36.0 Å². The van der Waals surface area contributed by atoms with Crippen molar-refractivity contribution in [3.63, 3.8) is 0 Å². The predicted molar refractivity (Wildman–Crippen MR) is 120 cm³/mol. The van der Waals surface area contributed by atoms with Crippen LogP contribution >= 0.6 is 0 Å². The molecule has 2 aromatic carbocycles. The molecule has 0 spiro atoms. The van der Waals surface area contributed by atoms with Gasteiger partial charge in [0.05, 0.1) is 25.1 Å². The molecule has 0 saturated carbocycles. The van der Waals surface area contributed by atoms with Gasteiger partial charge in [0.1, 0.15) is 11.6 Å². The van der Waals surface area contributed by atoms with Crippen molar-refractivity contribution in [1.29, 1.82) is 5.26 Å². The summed E-state index contributed by atoms with van der Waals surface area (Å²) in [6.45, 7) is 5.07. The van der Waals surface area contributed by atoms with Crippen molar-refractivity contribution < 1.29 is 9.47 Å². The molecule has 3 rings (SSSR count). The first-order chi connectivity index (χ1) is 15.2. The Hall–Kier alpha value is -4.12. The Kier molecular flexibility index (Phi) is 7.38. The van der Waals surface area contributed by atoms with Crippen molar-refractivity contribution in [2.75, 3.05) is 18.6 Å². The van der Waals surface area contributed by atoms with Crippen LogP contribution in [-0.2, 0) is 0 Å². The maximum Gasteiger partial charge on any atom is 0.270 e. The van der Waals surface area contributed by atoms with E-state index in [0.717, 1.165) is 12.0 Å². The van der Waals surface area contributed by atoms with Crippen LogP contribution in [0.5, 0.6) is 11.5 Å². The first kappa shape index (κ1) is 21.6. The fraction of sp³-hybridized carbons (Fsp3) is 0.217. The number of aromatic nitrogens is 2. The summed E-state index contributed by atoms with van der Waals surface area (Å²) in [5, 5.41) is 13.5. The van der Waals surface area contributed by atoms with Crippen LogP contribution in [0.3, 0.4) is 0 Å². The molecule has 1 heterocycles. The first-order valence-corrected chi connectivity index (χ1v) is 9.94. The van der Waals surface area contributed by atoms with Gasteiger partial charge >= 0.3 is 0 Å². The number of ether oxygens (including phenoxy) is 2. The Morgan fingerprint density at radius 1 is 1.16 bits per heavy atom. The summed E-state index contributed by atoms with van der Waals surface area (Å²) < 4.78 is 11.3. The molecule has 31 heavy (non-hydrogen) atoms. The standard InChI is InChI=1S/C23H23N5O3/c1-3-12-31-19-11-10-16(13-20(19)30-4-2)15-25-28-23-26-21(17-8-6-5-7-9-17)18(14-24)22(29)27-23/h5-11,13,15H,3-4,12H2,1-2H3,(H2,26,27,28,29). The maximum atomic E-state index is 12.3. The molecule has 0 atom stereocenters. The number of hydrazone groups is 1. The second-order valence-corrected chi connectivity index (χ2v) is 6.47. The van der Waals surface area contributed by atoms with Crippen molar-refractivity contribution in [2.45, 2.75) is 20.3 Å². The van der Waals surface area contributed by atoms with Crippen LogP contribution in [0.15, 0.2) is 58.4 Å². The Morgan fingerprint density at radius 3 is 2.68 bits per heavy atom. The number of H-pyrrole nitrogens is 1. The highest BCUT2D eigenvalue weighted by atomic mass is 16.5. The zero-order valence-electron chi connectivity index (χ0n) is 17.4. The van der Waals surface area contributed by atoms with Crippen molar-refractivity contribution in [2.24, 2.45) is 5.10 Å². The molecule has 158 valence electrons. The lowest BCUT2D eigenvalue weighted by Gasteiger charge is -2.11. The third-order valence-electron chi connectivity index (χ3n) is 4.19. The molecule has 0 aliphatic heterocycles. The molecule has 0 aliphatic carbocycles. The van der Waals surface area contributed by atoms with Gasteiger partial charge in [-0.2, -0.15) is 10.4 Å². The van der Waals surface area contributed by atoms with Crippen LogP contribution in [0, 0.1) is 11.3 Å². The highest BCUT2D eigenvalue weighted by molar-refractivity contribution is 5.81. The van der Waals surface area contributed by atoms with Gasteiger partial charge in [-0.15, -0.1) is 0 Å². The monoisotopic (exact) mass is 417 g/mol. The van der Waals surface area contributed by atoms with Crippen LogP contribution < -0.4 is 20.5 Å². The second kappa shape index (κ2) is 10.6. The molecule has 0 aliphatic rings. The third kappa shape index (κ3) is 5.48. The van der Waals surface area contributed by atoms with E-state index in [1.54, 1.807) is 18.3 Å². The zero-order chi connectivity index (χ0) is 22.1. The maximum absolute atomic E-state index is 12.3. The smallest absolute Gasteiger partial charge is 0.270 e. The Morgan fingerprint density at radius 2 is 1.97 bits per heavy atom. The van der Waals surface area contributed by atoms with E-state index < -0.39 is 5.56 Å². The van der Waals surface area contributed by atoms with Crippen molar-refractivity contribution in [3.8, 4) is 28.8 Å². The summed E-state index contributed by atoms with van der Waals surface area (Å²) in [4.78, 5) is 19.2. The van der Waals surface area contributed by atoms with Gasteiger partial charge in [0.2, 0.25) is 5.95 Å². The van der Waals surface area contributed by atoms with Gasteiger partial charge in [0.25, 0.3) is 5.56 Å². The van der Waals surface area contributed by atoms with Gasteiger partial charge in [-0.25, -0.2) is 10.4 Å².